The van der Waals surface area contributed by atoms with Gasteiger partial charge < -0.3 is 9.64 Å². The van der Waals surface area contributed by atoms with E-state index in [1.165, 1.54) is 25.4 Å². The summed E-state index contributed by atoms with van der Waals surface area (Å²) in [4.78, 5) is 6.48. The predicted octanol–water partition coefficient (Wildman–Crippen LogP) is 2.99. The normalized spacial score (nSPS) is 13.1. The summed E-state index contributed by atoms with van der Waals surface area (Å²) in [5.74, 6) is 0.104. The van der Waals surface area contributed by atoms with Crippen molar-refractivity contribution in [2.24, 2.45) is 4.99 Å². The molecule has 0 saturated carbocycles. The zero-order valence-electron chi connectivity index (χ0n) is 15.0. The number of aromatic amines is 1. The minimum atomic E-state index is -2.65. The number of aromatic nitrogens is 2. The lowest BCUT2D eigenvalue weighted by Gasteiger charge is -2.21. The Balaban J connectivity index is 1.61. The Morgan fingerprint density at radius 2 is 2.07 bits per heavy atom. The molecule has 8 heteroatoms. The van der Waals surface area contributed by atoms with Crippen molar-refractivity contribution >= 4 is 6.20 Å². The molecule has 1 aliphatic heterocycles. The number of nitrogens with zero attached hydrogens (tertiary/aromatic N) is 3. The van der Waals surface area contributed by atoms with E-state index in [0.29, 0.717) is 35.4 Å². The predicted molar refractivity (Wildman–Crippen MR) is 97.6 cm³/mol. The summed E-state index contributed by atoms with van der Waals surface area (Å²) in [6.45, 7) is 0.846. The molecule has 2 aromatic carbocycles. The molecule has 0 fully saturated rings. The molecular weight excluding hydrogens is 369 g/mol. The Morgan fingerprint density at radius 3 is 2.86 bits per heavy atom. The summed E-state index contributed by atoms with van der Waals surface area (Å²) in [7, 11) is 1.49. The van der Waals surface area contributed by atoms with Crippen molar-refractivity contribution < 1.29 is 17.9 Å². The van der Waals surface area contributed by atoms with Crippen molar-refractivity contribution in [3.05, 3.63) is 70.2 Å². The third kappa shape index (κ3) is 3.58. The first-order chi connectivity index (χ1) is 13.5. The van der Waals surface area contributed by atoms with Crippen LogP contribution in [0.2, 0.25) is 0 Å². The molecule has 1 N–H and O–H groups in total. The zero-order chi connectivity index (χ0) is 19.7. The van der Waals surface area contributed by atoms with Crippen LogP contribution < -0.4 is 15.3 Å². The lowest BCUT2D eigenvalue weighted by atomic mass is 10.1. The second-order valence-corrected chi connectivity index (χ2v) is 6.43. The van der Waals surface area contributed by atoms with Crippen molar-refractivity contribution in [3.63, 3.8) is 0 Å². The first-order valence-electron chi connectivity index (χ1n) is 8.59. The van der Waals surface area contributed by atoms with Crippen molar-refractivity contribution in [3.8, 4) is 16.9 Å². The maximum absolute atomic E-state index is 13.7. The summed E-state index contributed by atoms with van der Waals surface area (Å²) < 4.78 is 44.9. The molecule has 1 aliphatic rings. The molecule has 0 unspecified atom stereocenters. The standard InChI is InChI=1S/C20H17F3N4O/c1-28-16-5-12(4-15(21)7-16)9-27-10-14-3-2-13(6-18(14)24-11-27)17-8-25-26-19(17)20(22)23/h2-8,10,20H,9,11H2,1H3,(H,25,26). The number of alkyl halides is 2. The van der Waals surface area contributed by atoms with Crippen molar-refractivity contribution in [1.29, 1.82) is 0 Å². The fraction of sp³-hybridized carbons (Fsp3) is 0.200. The van der Waals surface area contributed by atoms with Gasteiger partial charge in [0, 0.05) is 35.8 Å². The number of benzene rings is 2. The largest absolute Gasteiger partial charge is 0.497 e. The molecule has 0 radical (unpaired) electrons. The van der Waals surface area contributed by atoms with Crippen LogP contribution in [0.5, 0.6) is 5.75 Å². The third-order valence-electron chi connectivity index (χ3n) is 4.51. The van der Waals surface area contributed by atoms with E-state index in [4.69, 9.17) is 4.74 Å². The lowest BCUT2D eigenvalue weighted by molar-refractivity contribution is 0.146. The van der Waals surface area contributed by atoms with Gasteiger partial charge in [0.15, 0.2) is 0 Å². The highest BCUT2D eigenvalue weighted by molar-refractivity contribution is 5.65. The molecule has 28 heavy (non-hydrogen) atoms. The number of methoxy groups -OCH3 is 1. The van der Waals surface area contributed by atoms with Gasteiger partial charge in [-0.1, -0.05) is 12.1 Å². The number of halogens is 3. The number of fused-ring (bicyclic) bond motifs is 1. The quantitative estimate of drug-likeness (QED) is 0.734. The number of hydrogen-bond acceptors (Lipinski definition) is 4. The number of nitrogens with one attached hydrogen (secondary N) is 1. The fourth-order valence-corrected chi connectivity index (χ4v) is 3.22. The topological polar surface area (TPSA) is 53.5 Å². The molecule has 0 amide bonds. The van der Waals surface area contributed by atoms with Gasteiger partial charge in [0.1, 0.15) is 23.9 Å². The molecule has 0 aliphatic carbocycles. The van der Waals surface area contributed by atoms with Gasteiger partial charge >= 0.3 is 0 Å². The molecule has 3 aromatic rings. The number of hydrogen-bond donors (Lipinski definition) is 1. The van der Waals surface area contributed by atoms with Crippen LogP contribution in [-0.2, 0) is 6.54 Å². The fourth-order valence-electron chi connectivity index (χ4n) is 3.22. The number of H-pyrrole nitrogens is 1. The Morgan fingerprint density at radius 1 is 1.21 bits per heavy atom. The molecule has 0 atom stereocenters. The van der Waals surface area contributed by atoms with Crippen LogP contribution in [0, 0.1) is 5.82 Å². The molecule has 144 valence electrons. The summed E-state index contributed by atoms with van der Waals surface area (Å²) in [5, 5.41) is 7.69. The summed E-state index contributed by atoms with van der Waals surface area (Å²) >= 11 is 0. The van der Waals surface area contributed by atoms with Gasteiger partial charge in [-0.05, 0) is 29.3 Å². The van der Waals surface area contributed by atoms with E-state index in [9.17, 15) is 13.2 Å². The highest BCUT2D eigenvalue weighted by Gasteiger charge is 2.17. The van der Waals surface area contributed by atoms with Gasteiger partial charge in [-0.25, -0.2) is 13.2 Å². The second-order valence-electron chi connectivity index (χ2n) is 6.43. The molecule has 0 saturated heterocycles. The van der Waals surface area contributed by atoms with E-state index < -0.39 is 6.43 Å². The molecule has 5 nitrogen and oxygen atoms in total. The van der Waals surface area contributed by atoms with E-state index in [1.807, 2.05) is 17.2 Å². The monoisotopic (exact) mass is 386 g/mol. The minimum absolute atomic E-state index is 0.276. The van der Waals surface area contributed by atoms with E-state index >= 15 is 0 Å². The second kappa shape index (κ2) is 7.38. The smallest absolute Gasteiger partial charge is 0.282 e. The SMILES string of the molecule is COc1cc(F)cc(CN2C=c3ccc(-c4c[nH]nc4C(F)F)cc3=NC2)c1. The van der Waals surface area contributed by atoms with Crippen molar-refractivity contribution in [1.82, 2.24) is 15.1 Å². The lowest BCUT2D eigenvalue weighted by Crippen LogP contribution is -2.35. The summed E-state index contributed by atoms with van der Waals surface area (Å²) in [6.07, 6.45) is 0.728. The Bertz CT molecular complexity index is 1130. The average molecular weight is 386 g/mol. The summed E-state index contributed by atoms with van der Waals surface area (Å²) in [5.41, 5.74) is 1.48. The van der Waals surface area contributed by atoms with Gasteiger partial charge in [-0.2, -0.15) is 5.10 Å². The van der Waals surface area contributed by atoms with E-state index in [0.717, 1.165) is 10.8 Å². The van der Waals surface area contributed by atoms with Crippen LogP contribution >= 0.6 is 0 Å². The molecule has 0 spiro atoms. The molecule has 1 aromatic heterocycles. The van der Waals surface area contributed by atoms with Crippen molar-refractivity contribution in [2.75, 3.05) is 13.8 Å². The molecular formula is C20H17F3N4O. The highest BCUT2D eigenvalue weighted by Crippen LogP contribution is 2.28. The first-order valence-corrected chi connectivity index (χ1v) is 8.59. The average Bonchev–Trinajstić information content (AvgIpc) is 3.17. The Hall–Kier alpha value is -3.29. The van der Waals surface area contributed by atoms with Crippen LogP contribution in [-0.4, -0.2) is 28.9 Å². The van der Waals surface area contributed by atoms with Crippen LogP contribution in [0.4, 0.5) is 13.2 Å². The first kappa shape index (κ1) is 18.1. The molecule has 2 heterocycles. The molecule has 4 rings (SSSR count). The third-order valence-corrected chi connectivity index (χ3v) is 4.51. The van der Waals surface area contributed by atoms with Gasteiger partial charge in [0.25, 0.3) is 6.43 Å². The number of ether oxygens (including phenoxy) is 1. The summed E-state index contributed by atoms with van der Waals surface area (Å²) in [6, 6.07) is 9.92. The van der Waals surface area contributed by atoms with Gasteiger partial charge in [-0.15, -0.1) is 0 Å². The maximum atomic E-state index is 13.7. The zero-order valence-corrected chi connectivity index (χ0v) is 15.0. The Labute approximate surface area is 158 Å². The van der Waals surface area contributed by atoms with E-state index in [-0.39, 0.29) is 11.5 Å². The number of rotatable bonds is 5. The van der Waals surface area contributed by atoms with E-state index in [2.05, 4.69) is 15.2 Å². The van der Waals surface area contributed by atoms with Crippen molar-refractivity contribution in [2.45, 2.75) is 13.0 Å². The Kier molecular flexibility index (Phi) is 4.77. The van der Waals surface area contributed by atoms with Crippen LogP contribution in [0.15, 0.2) is 47.6 Å². The highest BCUT2D eigenvalue weighted by atomic mass is 19.3. The maximum Gasteiger partial charge on any atom is 0.282 e. The van der Waals surface area contributed by atoms with E-state index in [1.54, 1.807) is 18.2 Å². The molecule has 0 bridgehead atoms. The van der Waals surface area contributed by atoms with Gasteiger partial charge in [0.2, 0.25) is 0 Å². The van der Waals surface area contributed by atoms with Crippen LogP contribution in [0.3, 0.4) is 0 Å². The van der Waals surface area contributed by atoms with Crippen LogP contribution in [0.1, 0.15) is 17.7 Å². The van der Waals surface area contributed by atoms with Crippen LogP contribution in [0.25, 0.3) is 17.3 Å². The van der Waals surface area contributed by atoms with Gasteiger partial charge in [-0.3, -0.25) is 10.1 Å². The minimum Gasteiger partial charge on any atom is -0.497 e. The van der Waals surface area contributed by atoms with Gasteiger partial charge in [0.05, 0.1) is 12.5 Å².